The van der Waals surface area contributed by atoms with Crippen molar-refractivity contribution < 1.29 is 29.6 Å². The summed E-state index contributed by atoms with van der Waals surface area (Å²) in [6.07, 6.45) is 9.21. The van der Waals surface area contributed by atoms with Gasteiger partial charge in [-0.3, -0.25) is 4.79 Å². The molecule has 0 amide bonds. The van der Waals surface area contributed by atoms with E-state index in [1.807, 2.05) is 0 Å². The molecule has 4 saturated carbocycles. The Morgan fingerprint density at radius 2 is 2.07 bits per heavy atom. The van der Waals surface area contributed by atoms with Crippen LogP contribution in [0.15, 0.2) is 35.8 Å². The van der Waals surface area contributed by atoms with Crippen LogP contribution >= 0.6 is 0 Å². The molecule has 0 aromatic rings. The zero-order valence-corrected chi connectivity index (χ0v) is 16.6. The highest BCUT2D eigenvalue weighted by molar-refractivity contribution is 5.92. The summed E-state index contributed by atoms with van der Waals surface area (Å²) >= 11 is 0. The first-order valence-corrected chi connectivity index (χ1v) is 10.7. The van der Waals surface area contributed by atoms with Gasteiger partial charge in [0.1, 0.15) is 0 Å². The quantitative estimate of drug-likeness (QED) is 0.478. The molecule has 0 aromatic carbocycles. The summed E-state index contributed by atoms with van der Waals surface area (Å²) in [5.41, 5.74) is 0.506. The number of allylic oxidation sites excluding steroid dienone is 2. The Balaban J connectivity index is 1.49. The summed E-state index contributed by atoms with van der Waals surface area (Å²) in [7, 11) is 0. The van der Waals surface area contributed by atoms with Crippen molar-refractivity contribution in [3.8, 4) is 0 Å². The van der Waals surface area contributed by atoms with Gasteiger partial charge in [-0.05, 0) is 90.9 Å². The molecule has 29 heavy (non-hydrogen) atoms. The van der Waals surface area contributed by atoms with Gasteiger partial charge in [0.15, 0.2) is 5.78 Å². The molecule has 156 valence electrons. The Kier molecular flexibility index (Phi) is 4.05. The van der Waals surface area contributed by atoms with Crippen molar-refractivity contribution in [2.45, 2.75) is 51.0 Å². The molecule has 5 aliphatic carbocycles. The van der Waals surface area contributed by atoms with E-state index in [0.29, 0.717) is 36.0 Å². The van der Waals surface area contributed by atoms with Gasteiger partial charge in [-0.1, -0.05) is 6.92 Å². The molecule has 8 atom stereocenters. The lowest BCUT2D eigenvalue weighted by atomic mass is 9.48. The van der Waals surface area contributed by atoms with E-state index in [2.05, 4.69) is 11.7 Å². The molecule has 0 aromatic heterocycles. The van der Waals surface area contributed by atoms with Crippen LogP contribution in [0.4, 0.5) is 4.79 Å². The van der Waals surface area contributed by atoms with Crippen LogP contribution in [0.3, 0.4) is 0 Å². The van der Waals surface area contributed by atoms with Crippen LogP contribution in [-0.4, -0.2) is 32.9 Å². The number of carbonyl (C=O) groups excluding carboxylic acids is 1. The Morgan fingerprint density at radius 1 is 1.28 bits per heavy atom. The highest BCUT2D eigenvalue weighted by Gasteiger charge is 2.75. The molecular weight excluding hydrogens is 372 g/mol. The fourth-order valence-electron chi connectivity index (χ4n) is 7.75. The van der Waals surface area contributed by atoms with Gasteiger partial charge >= 0.3 is 6.16 Å². The summed E-state index contributed by atoms with van der Waals surface area (Å²) in [5, 5.41) is 30.4. The predicted octanol–water partition coefficient (Wildman–Crippen LogP) is 3.98. The molecule has 0 unspecified atom stereocenters. The molecule has 6 heteroatoms. The van der Waals surface area contributed by atoms with Crippen molar-refractivity contribution in [2.75, 3.05) is 0 Å². The van der Waals surface area contributed by atoms with Crippen molar-refractivity contribution >= 4 is 11.9 Å². The first-order chi connectivity index (χ1) is 13.8. The maximum absolute atomic E-state index is 12.0. The Hall–Kier alpha value is -2.08. The summed E-state index contributed by atoms with van der Waals surface area (Å²) in [5.74, 6) is 2.17. The van der Waals surface area contributed by atoms with E-state index in [0.717, 1.165) is 49.5 Å². The molecule has 0 aliphatic heterocycles. The number of ether oxygens (including phenoxy) is 1. The number of aliphatic hydroxyl groups excluding tert-OH is 1. The zero-order valence-electron chi connectivity index (χ0n) is 16.6. The van der Waals surface area contributed by atoms with E-state index in [1.54, 1.807) is 12.2 Å². The number of hydrogen-bond donors (Lipinski definition) is 3. The predicted molar refractivity (Wildman–Crippen MR) is 104 cm³/mol. The van der Waals surface area contributed by atoms with Crippen LogP contribution in [-0.2, 0) is 9.53 Å². The summed E-state index contributed by atoms with van der Waals surface area (Å²) < 4.78 is 4.58. The standard InChI is InChI=1S/C23H28O6/c1-22-5-4-15-14-3-2-13(25)9-16(14)12(11-24)8-17(15)20(22)18-10-19(18)23(22,28)6-7-29-21(26)27/h6-7,9,11,14-15,17-20,24,28H,2-5,8,10H2,1H3,(H,26,27)/b7-6-,12-11?/t14-,15-,17-,18-,19+,20-,22+,23+/m1/s1. The Morgan fingerprint density at radius 3 is 2.79 bits per heavy atom. The van der Waals surface area contributed by atoms with Gasteiger partial charge in [0.05, 0.1) is 18.1 Å². The van der Waals surface area contributed by atoms with Crippen molar-refractivity contribution in [2.24, 2.45) is 40.9 Å². The number of ketones is 1. The van der Waals surface area contributed by atoms with Crippen molar-refractivity contribution in [3.05, 3.63) is 35.8 Å². The molecule has 4 fully saturated rings. The van der Waals surface area contributed by atoms with Crippen LogP contribution in [0.5, 0.6) is 0 Å². The van der Waals surface area contributed by atoms with Crippen LogP contribution in [0.2, 0.25) is 0 Å². The van der Waals surface area contributed by atoms with Crippen LogP contribution < -0.4 is 0 Å². The third-order valence-corrected chi connectivity index (χ3v) is 8.93. The minimum atomic E-state index is -1.38. The fourth-order valence-corrected chi connectivity index (χ4v) is 7.75. The van der Waals surface area contributed by atoms with Gasteiger partial charge in [0, 0.05) is 11.8 Å². The van der Waals surface area contributed by atoms with Gasteiger partial charge in [-0.25, -0.2) is 4.79 Å². The summed E-state index contributed by atoms with van der Waals surface area (Å²) in [4.78, 5) is 22.7. The number of fused-ring (bicyclic) bond motifs is 7. The average molecular weight is 400 g/mol. The molecule has 0 spiro atoms. The third kappa shape index (κ3) is 2.51. The van der Waals surface area contributed by atoms with Crippen molar-refractivity contribution in [3.63, 3.8) is 0 Å². The smallest absolute Gasteiger partial charge is 0.510 e. The summed E-state index contributed by atoms with van der Waals surface area (Å²) in [6.45, 7) is 2.14. The minimum absolute atomic E-state index is 0.135. The lowest BCUT2D eigenvalue weighted by Gasteiger charge is -2.57. The van der Waals surface area contributed by atoms with E-state index in [1.165, 1.54) is 6.26 Å². The van der Waals surface area contributed by atoms with Crippen LogP contribution in [0.25, 0.3) is 0 Å². The molecule has 0 saturated heterocycles. The second kappa shape index (κ2) is 6.21. The topological polar surface area (TPSA) is 104 Å². The second-order valence-electron chi connectivity index (χ2n) is 9.90. The van der Waals surface area contributed by atoms with E-state index in [4.69, 9.17) is 5.11 Å². The Bertz CT molecular complexity index is 855. The number of carbonyl (C=O) groups is 2. The highest BCUT2D eigenvalue weighted by atomic mass is 16.7. The third-order valence-electron chi connectivity index (χ3n) is 8.93. The molecular formula is C23H28O6. The largest absolute Gasteiger partial charge is 0.515 e. The van der Waals surface area contributed by atoms with Gasteiger partial charge in [0.25, 0.3) is 0 Å². The van der Waals surface area contributed by atoms with Crippen molar-refractivity contribution in [1.29, 1.82) is 0 Å². The number of aliphatic hydroxyl groups is 2. The lowest BCUT2D eigenvalue weighted by molar-refractivity contribution is -0.118. The van der Waals surface area contributed by atoms with Gasteiger partial charge < -0.3 is 20.1 Å². The van der Waals surface area contributed by atoms with Gasteiger partial charge in [-0.2, -0.15) is 0 Å². The maximum Gasteiger partial charge on any atom is 0.510 e. The SMILES string of the molecule is C[C@]12CC[C@H]3[C@@H](CC(=CO)C4=CC(=O)CC[C@@H]43)[C@@H]1[C@@H]1C[C@@H]1[C@@]2(O)/C=C\OC(=O)O. The molecule has 5 rings (SSSR count). The van der Waals surface area contributed by atoms with Crippen molar-refractivity contribution in [1.82, 2.24) is 0 Å². The second-order valence-corrected chi connectivity index (χ2v) is 9.90. The summed E-state index contributed by atoms with van der Waals surface area (Å²) in [6, 6.07) is 0. The molecule has 0 radical (unpaired) electrons. The van der Waals surface area contributed by atoms with E-state index in [9.17, 15) is 19.8 Å². The lowest BCUT2D eigenvalue weighted by Crippen LogP contribution is -2.54. The van der Waals surface area contributed by atoms with Crippen LogP contribution in [0.1, 0.15) is 45.4 Å². The first kappa shape index (κ1) is 18.9. The van der Waals surface area contributed by atoms with E-state index >= 15 is 0 Å². The van der Waals surface area contributed by atoms with E-state index in [-0.39, 0.29) is 17.1 Å². The molecule has 0 bridgehead atoms. The molecule has 3 N–H and O–H groups in total. The Labute approximate surface area is 169 Å². The van der Waals surface area contributed by atoms with Gasteiger partial charge in [0.2, 0.25) is 0 Å². The maximum atomic E-state index is 12.0. The zero-order chi connectivity index (χ0) is 20.6. The molecule has 0 heterocycles. The first-order valence-electron chi connectivity index (χ1n) is 10.7. The molecule has 6 nitrogen and oxygen atoms in total. The van der Waals surface area contributed by atoms with E-state index < -0.39 is 11.8 Å². The molecule has 5 aliphatic rings. The number of carboxylic acid groups (broad SMARTS) is 1. The normalized spacial score (nSPS) is 49.1. The highest BCUT2D eigenvalue weighted by Crippen LogP contribution is 2.76. The minimum Gasteiger partial charge on any atom is -0.515 e. The van der Waals surface area contributed by atoms with Gasteiger partial charge in [-0.15, -0.1) is 0 Å². The fraction of sp³-hybridized carbons (Fsp3) is 0.652. The average Bonchev–Trinajstić information content (AvgIpc) is 3.43. The van der Waals surface area contributed by atoms with Crippen LogP contribution in [0, 0.1) is 40.9 Å². The number of hydrogen-bond acceptors (Lipinski definition) is 5. The number of rotatable bonds is 2. The monoisotopic (exact) mass is 400 g/mol.